The van der Waals surface area contributed by atoms with Crippen LogP contribution in [0.4, 0.5) is 5.69 Å². The zero-order chi connectivity index (χ0) is 20.0. The van der Waals surface area contributed by atoms with Crippen molar-refractivity contribution in [2.24, 2.45) is 11.3 Å². The van der Waals surface area contributed by atoms with E-state index in [1.54, 1.807) is 0 Å². The van der Waals surface area contributed by atoms with E-state index in [0.29, 0.717) is 19.4 Å². The summed E-state index contributed by atoms with van der Waals surface area (Å²) in [5, 5.41) is 19.8. The van der Waals surface area contributed by atoms with Crippen LogP contribution >= 0.6 is 0 Å². The Balaban J connectivity index is 3.25. The lowest BCUT2D eigenvalue weighted by Crippen LogP contribution is -2.41. The zero-order valence-corrected chi connectivity index (χ0v) is 16.6. The molecule has 1 unspecified atom stereocenters. The van der Waals surface area contributed by atoms with Gasteiger partial charge < -0.3 is 0 Å². The van der Waals surface area contributed by atoms with Crippen LogP contribution in [-0.2, 0) is 10.0 Å². The summed E-state index contributed by atoms with van der Waals surface area (Å²) in [6, 6.07) is 7.23. The molecule has 1 rings (SSSR count). The molecule has 7 nitrogen and oxygen atoms in total. The highest BCUT2D eigenvalue weighted by atomic mass is 32.2. The molecule has 0 heterocycles. The first-order valence-electron chi connectivity index (χ1n) is 8.65. The lowest BCUT2D eigenvalue weighted by Gasteiger charge is -2.33. The third-order valence-electron chi connectivity index (χ3n) is 4.40. The lowest BCUT2D eigenvalue weighted by molar-refractivity contribution is -0.385. The number of nitro benzene ring substituents is 1. The number of rotatable bonds is 10. The number of nitriles is 1. The average Bonchev–Trinajstić information content (AvgIpc) is 2.59. The zero-order valence-electron chi connectivity index (χ0n) is 15.8. The van der Waals surface area contributed by atoms with E-state index in [1.165, 1.54) is 22.5 Å². The standard InChI is InChI=1S/C18H27N3O4S/c1-5-15(2)13-20(14-18(3,4)10-7-11-19)26(24,25)17-9-6-8-16(12-17)21(22)23/h6,8-9,12,15H,5,7,10,13-14H2,1-4H3. The molecule has 0 saturated heterocycles. The monoisotopic (exact) mass is 381 g/mol. The van der Waals surface area contributed by atoms with Gasteiger partial charge in [-0.2, -0.15) is 9.57 Å². The number of nitro groups is 1. The fourth-order valence-electron chi connectivity index (χ4n) is 2.58. The molecule has 0 bridgehead atoms. The van der Waals surface area contributed by atoms with Crippen molar-refractivity contribution in [3.63, 3.8) is 0 Å². The van der Waals surface area contributed by atoms with Crippen LogP contribution in [0.3, 0.4) is 0 Å². The minimum Gasteiger partial charge on any atom is -0.258 e. The number of benzene rings is 1. The highest BCUT2D eigenvalue weighted by molar-refractivity contribution is 7.89. The lowest BCUT2D eigenvalue weighted by atomic mass is 9.88. The van der Waals surface area contributed by atoms with E-state index in [9.17, 15) is 18.5 Å². The van der Waals surface area contributed by atoms with Gasteiger partial charge in [-0.3, -0.25) is 10.1 Å². The Kier molecular flexibility index (Phi) is 7.72. The smallest absolute Gasteiger partial charge is 0.258 e. The molecule has 1 aromatic rings. The predicted molar refractivity (Wildman–Crippen MR) is 99.9 cm³/mol. The first-order chi connectivity index (χ1) is 12.0. The summed E-state index contributed by atoms with van der Waals surface area (Å²) in [7, 11) is -3.87. The molecule has 26 heavy (non-hydrogen) atoms. The molecule has 0 N–H and O–H groups in total. The molecular weight excluding hydrogens is 354 g/mol. The quantitative estimate of drug-likeness (QED) is 0.450. The SMILES string of the molecule is CCC(C)CN(CC(C)(C)CCC#N)S(=O)(=O)c1cccc([N+](=O)[O-])c1. The molecule has 0 saturated carbocycles. The molecule has 8 heteroatoms. The number of hydrogen-bond donors (Lipinski definition) is 0. The minimum absolute atomic E-state index is 0.0777. The Bertz CT molecular complexity index is 769. The number of nitrogens with zero attached hydrogens (tertiary/aromatic N) is 3. The summed E-state index contributed by atoms with van der Waals surface area (Å²) in [5.41, 5.74) is -0.630. The van der Waals surface area contributed by atoms with Gasteiger partial charge >= 0.3 is 0 Å². The molecule has 0 aliphatic carbocycles. The number of hydrogen-bond acceptors (Lipinski definition) is 5. The van der Waals surface area contributed by atoms with Crippen molar-refractivity contribution in [1.82, 2.24) is 4.31 Å². The summed E-state index contributed by atoms with van der Waals surface area (Å²) < 4.78 is 27.7. The first kappa shape index (κ1) is 22.1. The predicted octanol–water partition coefficient (Wildman–Crippen LogP) is 3.96. The van der Waals surface area contributed by atoms with E-state index in [2.05, 4.69) is 6.07 Å². The van der Waals surface area contributed by atoms with Crippen molar-refractivity contribution in [2.75, 3.05) is 13.1 Å². The maximum absolute atomic E-state index is 13.1. The van der Waals surface area contributed by atoms with Crippen LogP contribution in [0.5, 0.6) is 0 Å². The van der Waals surface area contributed by atoms with E-state index in [-0.39, 0.29) is 28.5 Å². The van der Waals surface area contributed by atoms with E-state index < -0.39 is 14.9 Å². The van der Waals surface area contributed by atoms with Crippen LogP contribution < -0.4 is 0 Å². The van der Waals surface area contributed by atoms with Gasteiger partial charge in [0.05, 0.1) is 15.9 Å². The van der Waals surface area contributed by atoms with Gasteiger partial charge in [0.1, 0.15) is 0 Å². The Morgan fingerprint density at radius 2 is 2.04 bits per heavy atom. The highest BCUT2D eigenvalue weighted by Crippen LogP contribution is 2.29. The molecule has 0 aliphatic rings. The Morgan fingerprint density at radius 3 is 2.58 bits per heavy atom. The van der Waals surface area contributed by atoms with Gasteiger partial charge in [0, 0.05) is 31.6 Å². The van der Waals surface area contributed by atoms with E-state index in [0.717, 1.165) is 12.5 Å². The van der Waals surface area contributed by atoms with Crippen molar-refractivity contribution in [1.29, 1.82) is 5.26 Å². The maximum atomic E-state index is 13.1. The van der Waals surface area contributed by atoms with Gasteiger partial charge in [0.25, 0.3) is 5.69 Å². The van der Waals surface area contributed by atoms with Crippen molar-refractivity contribution < 1.29 is 13.3 Å². The Morgan fingerprint density at radius 1 is 1.38 bits per heavy atom. The number of sulfonamides is 1. The fraction of sp³-hybridized carbons (Fsp3) is 0.611. The molecule has 0 fully saturated rings. The van der Waals surface area contributed by atoms with Crippen molar-refractivity contribution in [3.8, 4) is 6.07 Å². The van der Waals surface area contributed by atoms with Crippen molar-refractivity contribution >= 4 is 15.7 Å². The molecular formula is C18H27N3O4S. The van der Waals surface area contributed by atoms with Crippen LogP contribution in [0, 0.1) is 32.8 Å². The molecule has 0 aromatic heterocycles. The summed E-state index contributed by atoms with van der Waals surface area (Å²) in [6.45, 7) is 8.40. The van der Waals surface area contributed by atoms with Gasteiger partial charge in [-0.25, -0.2) is 8.42 Å². The average molecular weight is 381 g/mol. The van der Waals surface area contributed by atoms with E-state index in [1.807, 2.05) is 27.7 Å². The third-order valence-corrected chi connectivity index (χ3v) is 6.20. The Hall–Kier alpha value is -1.98. The second kappa shape index (κ2) is 9.10. The minimum atomic E-state index is -3.87. The first-order valence-corrected chi connectivity index (χ1v) is 10.1. The maximum Gasteiger partial charge on any atom is 0.270 e. The van der Waals surface area contributed by atoms with Crippen LogP contribution in [0.25, 0.3) is 0 Å². The molecule has 0 spiro atoms. The molecule has 0 radical (unpaired) electrons. The molecule has 144 valence electrons. The second-order valence-corrected chi connectivity index (χ2v) is 9.33. The van der Waals surface area contributed by atoms with Crippen LogP contribution in [-0.4, -0.2) is 30.7 Å². The summed E-state index contributed by atoms with van der Waals surface area (Å²) in [6.07, 6.45) is 1.74. The van der Waals surface area contributed by atoms with Gasteiger partial charge in [-0.15, -0.1) is 0 Å². The fourth-order valence-corrected chi connectivity index (χ4v) is 4.37. The van der Waals surface area contributed by atoms with Gasteiger partial charge in [-0.05, 0) is 23.8 Å². The summed E-state index contributed by atoms with van der Waals surface area (Å²) >= 11 is 0. The van der Waals surface area contributed by atoms with Crippen molar-refractivity contribution in [3.05, 3.63) is 34.4 Å². The molecule has 0 amide bonds. The van der Waals surface area contributed by atoms with Crippen LogP contribution in [0.1, 0.15) is 47.0 Å². The summed E-state index contributed by atoms with van der Waals surface area (Å²) in [4.78, 5) is 10.3. The molecule has 1 atom stereocenters. The highest BCUT2D eigenvalue weighted by Gasteiger charge is 2.32. The summed E-state index contributed by atoms with van der Waals surface area (Å²) in [5.74, 6) is 0.148. The molecule has 1 aromatic carbocycles. The largest absolute Gasteiger partial charge is 0.270 e. The Labute approximate surface area is 155 Å². The van der Waals surface area contributed by atoms with Crippen LogP contribution in [0.2, 0.25) is 0 Å². The van der Waals surface area contributed by atoms with Gasteiger partial charge in [0.2, 0.25) is 10.0 Å². The van der Waals surface area contributed by atoms with Crippen LogP contribution in [0.15, 0.2) is 29.2 Å². The van der Waals surface area contributed by atoms with E-state index >= 15 is 0 Å². The topological polar surface area (TPSA) is 104 Å². The molecule has 0 aliphatic heterocycles. The third kappa shape index (κ3) is 6.07. The van der Waals surface area contributed by atoms with Crippen molar-refractivity contribution in [2.45, 2.75) is 51.9 Å². The van der Waals surface area contributed by atoms with Gasteiger partial charge in [0.15, 0.2) is 0 Å². The van der Waals surface area contributed by atoms with E-state index in [4.69, 9.17) is 5.26 Å². The second-order valence-electron chi connectivity index (χ2n) is 7.39. The number of non-ortho nitro benzene ring substituents is 1. The normalized spacial score (nSPS) is 13.4. The van der Waals surface area contributed by atoms with Gasteiger partial charge in [-0.1, -0.05) is 40.2 Å².